The smallest absolute Gasteiger partial charge is 0.308 e. The van der Waals surface area contributed by atoms with Crippen LogP contribution in [0.4, 0.5) is 0 Å². The molecule has 0 heterocycles. The van der Waals surface area contributed by atoms with Crippen molar-refractivity contribution in [2.24, 2.45) is 11.8 Å². The number of allylic oxidation sites excluding steroid dienone is 4. The van der Waals surface area contributed by atoms with Gasteiger partial charge in [-0.3, -0.25) is 24.0 Å². The number of phenols is 1. The second-order valence-electron chi connectivity index (χ2n) is 12.9. The van der Waals surface area contributed by atoms with E-state index >= 15 is 0 Å². The molecule has 0 fully saturated rings. The molecule has 0 saturated carbocycles. The lowest BCUT2D eigenvalue weighted by atomic mass is 9.69. The van der Waals surface area contributed by atoms with Crippen LogP contribution in [0.3, 0.4) is 0 Å². The van der Waals surface area contributed by atoms with Gasteiger partial charge in [-0.25, -0.2) is 0 Å². The molecule has 316 valence electrons. The molecule has 4 aliphatic carbocycles. The molecule has 0 bridgehead atoms. The van der Waals surface area contributed by atoms with Crippen LogP contribution in [0.5, 0.6) is 23.0 Å². The van der Waals surface area contributed by atoms with E-state index in [1.54, 1.807) is 30.4 Å². The Hall–Kier alpha value is -5.01. The molecular formula is C44H64N2O11. The number of fused-ring (bicyclic) bond motifs is 6. The zero-order valence-corrected chi connectivity index (χ0v) is 36.3. The first kappa shape index (κ1) is 50.0. The molecule has 6 rings (SSSR count). The second kappa shape index (κ2) is 24.6. The average molecular weight is 797 g/mol. The van der Waals surface area contributed by atoms with Gasteiger partial charge in [-0.05, 0) is 82.4 Å². The van der Waals surface area contributed by atoms with Crippen molar-refractivity contribution in [1.82, 2.24) is 10.6 Å². The third kappa shape index (κ3) is 11.8. The fraction of sp³-hybridized carbons (Fsp3) is 0.523. The fourth-order valence-electron chi connectivity index (χ4n) is 7.17. The summed E-state index contributed by atoms with van der Waals surface area (Å²) in [6.07, 6.45) is 5.12. The number of hydrogen-bond acceptors (Lipinski definition) is 13. The number of phenolic OH excluding ortho intramolecular Hbond substituents is 1. The largest absolute Gasteiger partial charge is 0.504 e. The number of Topliss-reactive ketones (excluding diaryl/α,β-unsaturated/α-hetero) is 4. The van der Waals surface area contributed by atoms with Crippen molar-refractivity contribution in [1.29, 1.82) is 0 Å². The molecule has 2 aromatic rings. The Kier molecular flexibility index (Phi) is 21.6. The summed E-state index contributed by atoms with van der Waals surface area (Å²) < 4.78 is 26.2. The topological polar surface area (TPSA) is 176 Å². The number of carbonyl (C=O) groups excluding carboxylic acids is 5. The van der Waals surface area contributed by atoms with Crippen LogP contribution in [-0.4, -0.2) is 90.8 Å². The molecule has 2 aromatic carbocycles. The Labute approximate surface area is 338 Å². The molecule has 13 heteroatoms. The minimum absolute atomic E-state index is 0.00744. The van der Waals surface area contributed by atoms with E-state index in [4.69, 9.17) is 23.7 Å². The SMILES string of the molecule is CC.CC.CCc1cc2c(c(O)c1OC)C1CC(=O)C(OC)=CC1CC2=O.CNC.CNC.COC1=CC2CC(=O)c3ccc(OC)c(OC(C)=O)c3C2CC1=O. The maximum absolute atomic E-state index is 12.5. The van der Waals surface area contributed by atoms with Crippen molar-refractivity contribution < 1.29 is 52.8 Å². The van der Waals surface area contributed by atoms with Crippen LogP contribution in [0.2, 0.25) is 0 Å². The van der Waals surface area contributed by atoms with E-state index < -0.39 is 5.97 Å². The highest BCUT2D eigenvalue weighted by atomic mass is 16.6. The van der Waals surface area contributed by atoms with Crippen molar-refractivity contribution in [3.63, 3.8) is 0 Å². The molecule has 3 N–H and O–H groups in total. The van der Waals surface area contributed by atoms with Crippen molar-refractivity contribution in [2.45, 2.75) is 85.5 Å². The number of hydrogen-bond donors (Lipinski definition) is 3. The number of aryl methyl sites for hydroxylation is 1. The minimum Gasteiger partial charge on any atom is -0.504 e. The fourth-order valence-corrected chi connectivity index (χ4v) is 7.17. The van der Waals surface area contributed by atoms with Crippen LogP contribution in [0.25, 0.3) is 0 Å². The summed E-state index contributed by atoms with van der Waals surface area (Å²) in [7, 11) is 13.4. The van der Waals surface area contributed by atoms with Crippen molar-refractivity contribution in [3.8, 4) is 23.0 Å². The van der Waals surface area contributed by atoms with Gasteiger partial charge >= 0.3 is 5.97 Å². The van der Waals surface area contributed by atoms with Gasteiger partial charge < -0.3 is 39.4 Å². The number of aromatic hydroxyl groups is 1. The molecule has 57 heavy (non-hydrogen) atoms. The number of ketones is 4. The number of ether oxygens (including phenoxy) is 5. The van der Waals surface area contributed by atoms with Crippen LogP contribution in [0.1, 0.15) is 116 Å². The predicted molar refractivity (Wildman–Crippen MR) is 221 cm³/mol. The monoisotopic (exact) mass is 796 g/mol. The molecule has 0 amide bonds. The lowest BCUT2D eigenvalue weighted by molar-refractivity contribution is -0.132. The molecule has 0 aromatic heterocycles. The molecule has 4 unspecified atom stereocenters. The summed E-state index contributed by atoms with van der Waals surface area (Å²) >= 11 is 0. The summed E-state index contributed by atoms with van der Waals surface area (Å²) in [5.74, 6) is 0.00269. The summed E-state index contributed by atoms with van der Waals surface area (Å²) in [5, 5.41) is 16.2. The third-order valence-corrected chi connectivity index (χ3v) is 9.33. The van der Waals surface area contributed by atoms with Crippen LogP contribution >= 0.6 is 0 Å². The molecule has 4 aliphatic rings. The highest BCUT2D eigenvalue weighted by molar-refractivity contribution is 6.04. The number of rotatable bonds is 6. The summed E-state index contributed by atoms with van der Waals surface area (Å²) in [4.78, 5) is 61.0. The number of methoxy groups -OCH3 is 4. The van der Waals surface area contributed by atoms with Gasteiger partial charge in [0.1, 0.15) is 0 Å². The molecular weight excluding hydrogens is 732 g/mol. The van der Waals surface area contributed by atoms with Crippen LogP contribution in [0, 0.1) is 11.8 Å². The van der Waals surface area contributed by atoms with Gasteiger partial charge in [0.15, 0.2) is 57.6 Å². The van der Waals surface area contributed by atoms with Gasteiger partial charge in [-0.15, -0.1) is 0 Å². The van der Waals surface area contributed by atoms with E-state index in [1.165, 1.54) is 35.4 Å². The molecule has 4 atom stereocenters. The Balaban J connectivity index is 0.000000466. The summed E-state index contributed by atoms with van der Waals surface area (Å²) in [6, 6.07) is 5.07. The molecule has 0 saturated heterocycles. The van der Waals surface area contributed by atoms with Gasteiger partial charge in [0, 0.05) is 66.7 Å². The summed E-state index contributed by atoms with van der Waals surface area (Å²) in [5.41, 5.74) is 2.91. The van der Waals surface area contributed by atoms with Gasteiger partial charge in [0.25, 0.3) is 0 Å². The maximum atomic E-state index is 12.5. The number of carbonyl (C=O) groups is 5. The molecule has 0 aliphatic heterocycles. The first-order valence-electron chi connectivity index (χ1n) is 19.4. The Bertz CT molecular complexity index is 1780. The van der Waals surface area contributed by atoms with Crippen LogP contribution < -0.4 is 24.8 Å². The molecule has 0 radical (unpaired) electrons. The Morgan fingerprint density at radius 1 is 0.667 bits per heavy atom. The highest BCUT2D eigenvalue weighted by Gasteiger charge is 2.43. The van der Waals surface area contributed by atoms with E-state index in [9.17, 15) is 29.1 Å². The van der Waals surface area contributed by atoms with Gasteiger partial charge in [0.05, 0.1) is 28.4 Å². The predicted octanol–water partition coefficient (Wildman–Crippen LogP) is 6.89. The third-order valence-electron chi connectivity index (χ3n) is 9.33. The first-order valence-corrected chi connectivity index (χ1v) is 19.4. The lowest BCUT2D eigenvalue weighted by Crippen LogP contribution is -2.31. The second-order valence-corrected chi connectivity index (χ2v) is 12.9. The van der Waals surface area contributed by atoms with E-state index in [0.29, 0.717) is 58.8 Å². The Morgan fingerprint density at radius 3 is 1.53 bits per heavy atom. The standard InChI is InChI=1S/C18H18O6.C18H20O5.2C2H7N.2C2H6/c1-9(19)24-18-15(22-2)5-4-11-13(20)6-10-7-16(23-3)14(21)8-12(10)17(11)18;1-4-9-5-12-13(19)6-10-7-15(22-2)14(20)8-11(10)16(12)17(21)18(9)23-3;2*1-3-2;2*1-2/h4-5,7,10,12H,6,8H2,1-3H3;5,7,10-11,21H,4,6,8H2,1-3H3;2*3H,1-2H3;2*1-2H3. The number of nitrogens with one attached hydrogen (secondary N) is 2. The van der Waals surface area contributed by atoms with Crippen LogP contribution in [-0.2, 0) is 30.3 Å². The van der Waals surface area contributed by atoms with Crippen LogP contribution in [0.15, 0.2) is 41.9 Å². The number of esters is 1. The van der Waals surface area contributed by atoms with E-state index in [-0.39, 0.29) is 76.9 Å². The molecule has 0 spiro atoms. The zero-order chi connectivity index (χ0) is 43.6. The highest BCUT2D eigenvalue weighted by Crippen LogP contribution is 2.51. The first-order chi connectivity index (χ1) is 27.3. The average Bonchev–Trinajstić information content (AvgIpc) is 3.20. The minimum atomic E-state index is -0.508. The van der Waals surface area contributed by atoms with Crippen molar-refractivity contribution >= 4 is 29.1 Å². The zero-order valence-electron chi connectivity index (χ0n) is 36.3. The summed E-state index contributed by atoms with van der Waals surface area (Å²) in [6.45, 7) is 11.2. The van der Waals surface area contributed by atoms with E-state index in [0.717, 1.165) is 5.56 Å². The van der Waals surface area contributed by atoms with E-state index in [2.05, 4.69) is 10.6 Å². The van der Waals surface area contributed by atoms with Crippen molar-refractivity contribution in [2.75, 3.05) is 56.6 Å². The Morgan fingerprint density at radius 2 is 1.12 bits per heavy atom. The van der Waals surface area contributed by atoms with Gasteiger partial charge in [-0.1, -0.05) is 34.6 Å². The molecule has 13 nitrogen and oxygen atoms in total. The normalized spacial score (nSPS) is 19.5. The lowest BCUT2D eigenvalue weighted by Gasteiger charge is -2.35. The van der Waals surface area contributed by atoms with Gasteiger partial charge in [0.2, 0.25) is 0 Å². The van der Waals surface area contributed by atoms with E-state index in [1.807, 2.05) is 62.8 Å². The van der Waals surface area contributed by atoms with Gasteiger partial charge in [-0.2, -0.15) is 0 Å². The number of benzene rings is 2. The quantitative estimate of drug-likeness (QED) is 0.204. The van der Waals surface area contributed by atoms with Crippen molar-refractivity contribution in [3.05, 3.63) is 69.7 Å². The maximum Gasteiger partial charge on any atom is 0.308 e.